The van der Waals surface area contributed by atoms with Crippen LogP contribution in [0.15, 0.2) is 18.2 Å². The summed E-state index contributed by atoms with van der Waals surface area (Å²) in [6.45, 7) is 5.26. The van der Waals surface area contributed by atoms with E-state index >= 15 is 0 Å². The Kier molecular flexibility index (Phi) is 7.09. The topological polar surface area (TPSA) is 58.6 Å². The summed E-state index contributed by atoms with van der Waals surface area (Å²) in [7, 11) is 0. The van der Waals surface area contributed by atoms with Gasteiger partial charge in [-0.3, -0.25) is 9.59 Å². The fraction of sp³-hybridized carbons (Fsp3) is 0.579. The molecule has 0 spiro atoms. The largest absolute Gasteiger partial charge is 0.484 e. The Morgan fingerprint density at radius 3 is 2.71 bits per heavy atom. The van der Waals surface area contributed by atoms with Crippen molar-refractivity contribution in [3.63, 3.8) is 0 Å². The number of aryl methyl sites for hydroxylation is 2. The molecule has 5 nitrogen and oxygen atoms in total. The van der Waals surface area contributed by atoms with Gasteiger partial charge in [0.25, 0.3) is 5.91 Å². The van der Waals surface area contributed by atoms with Crippen molar-refractivity contribution < 1.29 is 14.3 Å². The molecule has 24 heavy (non-hydrogen) atoms. The predicted octanol–water partition coefficient (Wildman–Crippen LogP) is 2.32. The van der Waals surface area contributed by atoms with Gasteiger partial charge in [-0.25, -0.2) is 0 Å². The highest BCUT2D eigenvalue weighted by Crippen LogP contribution is 2.25. The Labute approximate surface area is 144 Å². The van der Waals surface area contributed by atoms with Crippen LogP contribution in [0, 0.1) is 0 Å². The lowest BCUT2D eigenvalue weighted by Crippen LogP contribution is -2.43. The first-order chi connectivity index (χ1) is 11.6. The molecule has 0 aromatic heterocycles. The maximum Gasteiger partial charge on any atom is 0.260 e. The standard InChI is InChI=1S/C19H28N2O3/c1-3-10-20-18(22)13-21(11-4-2)19(23)14-24-17-9-8-15-6-5-7-16(15)12-17/h8-9,12H,3-7,10-11,13-14H2,1-2H3,(H,20,22). The van der Waals surface area contributed by atoms with Crippen molar-refractivity contribution in [3.05, 3.63) is 29.3 Å². The van der Waals surface area contributed by atoms with Crippen molar-refractivity contribution in [2.75, 3.05) is 26.2 Å². The Bertz CT molecular complexity index is 572. The van der Waals surface area contributed by atoms with Gasteiger partial charge >= 0.3 is 0 Å². The number of nitrogens with zero attached hydrogens (tertiary/aromatic N) is 1. The molecule has 0 atom stereocenters. The highest BCUT2D eigenvalue weighted by Gasteiger charge is 2.17. The number of hydrogen-bond acceptors (Lipinski definition) is 3. The van der Waals surface area contributed by atoms with Crippen LogP contribution in [0.25, 0.3) is 0 Å². The lowest BCUT2D eigenvalue weighted by molar-refractivity contribution is -0.137. The summed E-state index contributed by atoms with van der Waals surface area (Å²) in [4.78, 5) is 25.8. The summed E-state index contributed by atoms with van der Waals surface area (Å²) in [5, 5.41) is 2.80. The molecule has 0 fully saturated rings. The quantitative estimate of drug-likeness (QED) is 0.755. The first kappa shape index (κ1) is 18.3. The zero-order valence-corrected chi connectivity index (χ0v) is 14.8. The zero-order chi connectivity index (χ0) is 17.4. The van der Waals surface area contributed by atoms with Crippen LogP contribution in [0.2, 0.25) is 0 Å². The fourth-order valence-corrected chi connectivity index (χ4v) is 2.93. The van der Waals surface area contributed by atoms with Crippen molar-refractivity contribution in [1.82, 2.24) is 10.2 Å². The summed E-state index contributed by atoms with van der Waals surface area (Å²) in [5.74, 6) is 0.469. The Morgan fingerprint density at radius 1 is 1.17 bits per heavy atom. The summed E-state index contributed by atoms with van der Waals surface area (Å²) in [6.07, 6.45) is 5.10. The maximum absolute atomic E-state index is 12.4. The van der Waals surface area contributed by atoms with Crippen LogP contribution in [0.1, 0.15) is 44.2 Å². The molecular formula is C19H28N2O3. The zero-order valence-electron chi connectivity index (χ0n) is 14.8. The normalized spacial score (nSPS) is 12.6. The number of ether oxygens (including phenoxy) is 1. The van der Waals surface area contributed by atoms with E-state index in [0.29, 0.717) is 13.1 Å². The lowest BCUT2D eigenvalue weighted by atomic mass is 10.1. The molecule has 0 unspecified atom stereocenters. The van der Waals surface area contributed by atoms with Crippen molar-refractivity contribution in [1.29, 1.82) is 0 Å². The highest BCUT2D eigenvalue weighted by molar-refractivity contribution is 5.85. The number of nitrogens with one attached hydrogen (secondary N) is 1. The number of benzene rings is 1. The van der Waals surface area contributed by atoms with Gasteiger partial charge in [-0.1, -0.05) is 19.9 Å². The summed E-state index contributed by atoms with van der Waals surface area (Å²) < 4.78 is 5.66. The lowest BCUT2D eigenvalue weighted by Gasteiger charge is -2.21. The second kappa shape index (κ2) is 9.30. The molecule has 1 aliphatic rings. The van der Waals surface area contributed by atoms with E-state index < -0.39 is 0 Å². The van der Waals surface area contributed by atoms with Crippen LogP contribution in [-0.4, -0.2) is 43.0 Å². The third kappa shape index (κ3) is 5.25. The van der Waals surface area contributed by atoms with Crippen LogP contribution >= 0.6 is 0 Å². The minimum absolute atomic E-state index is 0.0279. The molecule has 0 heterocycles. The second-order valence-corrected chi connectivity index (χ2v) is 6.24. The summed E-state index contributed by atoms with van der Waals surface area (Å²) in [6, 6.07) is 6.05. The number of fused-ring (bicyclic) bond motifs is 1. The summed E-state index contributed by atoms with van der Waals surface area (Å²) in [5.41, 5.74) is 2.71. The van der Waals surface area contributed by atoms with Crippen LogP contribution in [0.4, 0.5) is 0 Å². The van der Waals surface area contributed by atoms with Gasteiger partial charge in [0.15, 0.2) is 6.61 Å². The number of amides is 2. The minimum Gasteiger partial charge on any atom is -0.484 e. The second-order valence-electron chi connectivity index (χ2n) is 6.24. The van der Waals surface area contributed by atoms with Gasteiger partial charge < -0.3 is 15.0 Å². The average Bonchev–Trinajstić information content (AvgIpc) is 3.05. The van der Waals surface area contributed by atoms with Crippen molar-refractivity contribution in [3.8, 4) is 5.75 Å². The molecular weight excluding hydrogens is 304 g/mol. The Balaban J connectivity index is 1.86. The highest BCUT2D eigenvalue weighted by atomic mass is 16.5. The molecule has 0 saturated carbocycles. The van der Waals surface area contributed by atoms with Crippen LogP contribution in [-0.2, 0) is 22.4 Å². The minimum atomic E-state index is -0.149. The first-order valence-corrected chi connectivity index (χ1v) is 8.93. The van der Waals surface area contributed by atoms with Crippen LogP contribution in [0.5, 0.6) is 5.75 Å². The molecule has 1 aliphatic carbocycles. The van der Waals surface area contributed by atoms with Crippen molar-refractivity contribution in [2.24, 2.45) is 0 Å². The van der Waals surface area contributed by atoms with E-state index in [4.69, 9.17) is 4.74 Å². The molecule has 0 radical (unpaired) electrons. The van der Waals surface area contributed by atoms with Crippen molar-refractivity contribution >= 4 is 11.8 Å². The van der Waals surface area contributed by atoms with Gasteiger partial charge in [0.05, 0.1) is 6.54 Å². The Morgan fingerprint density at radius 2 is 1.96 bits per heavy atom. The van der Waals surface area contributed by atoms with Gasteiger partial charge in [0, 0.05) is 13.1 Å². The molecule has 132 valence electrons. The number of rotatable bonds is 9. The third-order valence-corrected chi connectivity index (χ3v) is 4.19. The van der Waals surface area contributed by atoms with Gasteiger partial charge in [-0.2, -0.15) is 0 Å². The SMILES string of the molecule is CCCNC(=O)CN(CCC)C(=O)COc1ccc2c(c1)CCC2. The van der Waals surface area contributed by atoms with Gasteiger partial charge in [0.1, 0.15) is 5.75 Å². The van der Waals surface area contributed by atoms with Crippen LogP contribution in [0.3, 0.4) is 0 Å². The molecule has 1 N–H and O–H groups in total. The average molecular weight is 332 g/mol. The maximum atomic E-state index is 12.4. The van der Waals surface area contributed by atoms with E-state index in [1.54, 1.807) is 4.90 Å². The third-order valence-electron chi connectivity index (χ3n) is 4.19. The first-order valence-electron chi connectivity index (χ1n) is 8.93. The molecule has 2 amide bonds. The monoisotopic (exact) mass is 332 g/mol. The van der Waals surface area contributed by atoms with E-state index in [2.05, 4.69) is 11.4 Å². The molecule has 0 bridgehead atoms. The van der Waals surface area contributed by atoms with Crippen molar-refractivity contribution in [2.45, 2.75) is 46.0 Å². The van der Waals surface area contributed by atoms with E-state index in [1.165, 1.54) is 17.5 Å². The van der Waals surface area contributed by atoms with E-state index in [0.717, 1.165) is 31.4 Å². The molecule has 1 aromatic rings. The molecule has 1 aromatic carbocycles. The van der Waals surface area contributed by atoms with E-state index in [9.17, 15) is 9.59 Å². The molecule has 0 aliphatic heterocycles. The predicted molar refractivity (Wildman–Crippen MR) is 94.1 cm³/mol. The molecule has 0 saturated heterocycles. The smallest absolute Gasteiger partial charge is 0.260 e. The number of carbonyl (C=O) groups is 2. The summed E-state index contributed by atoms with van der Waals surface area (Å²) >= 11 is 0. The van der Waals surface area contributed by atoms with Gasteiger partial charge in [-0.15, -0.1) is 0 Å². The van der Waals surface area contributed by atoms with Gasteiger partial charge in [0.2, 0.25) is 5.91 Å². The van der Waals surface area contributed by atoms with Gasteiger partial charge in [-0.05, 0) is 55.4 Å². The Hall–Kier alpha value is -2.04. The molecule has 2 rings (SSSR count). The van der Waals surface area contributed by atoms with E-state index in [-0.39, 0.29) is 25.0 Å². The fourth-order valence-electron chi connectivity index (χ4n) is 2.93. The number of carbonyl (C=O) groups excluding carboxylic acids is 2. The number of hydrogen-bond donors (Lipinski definition) is 1. The van der Waals surface area contributed by atoms with Crippen LogP contribution < -0.4 is 10.1 Å². The van der Waals surface area contributed by atoms with E-state index in [1.807, 2.05) is 26.0 Å². The molecule has 5 heteroatoms.